The number of hydrogen-bond donors (Lipinski definition) is 0. The maximum Gasteiger partial charge on any atom is 0.0897 e. The average molecular weight is 306 g/mol. The van der Waals surface area contributed by atoms with Crippen LogP contribution in [0.25, 0.3) is 10.8 Å². The van der Waals surface area contributed by atoms with Crippen molar-refractivity contribution < 1.29 is 4.74 Å². The van der Waals surface area contributed by atoms with Crippen molar-refractivity contribution in [2.75, 3.05) is 0 Å². The smallest absolute Gasteiger partial charge is 0.0897 e. The van der Waals surface area contributed by atoms with Gasteiger partial charge in [-0.15, -0.1) is 0 Å². The summed E-state index contributed by atoms with van der Waals surface area (Å²) < 4.78 is 7.00. The minimum Gasteiger partial charge on any atom is -0.372 e. The predicted molar refractivity (Wildman–Crippen MR) is 76.5 cm³/mol. The molecule has 0 radical (unpaired) electrons. The molecule has 0 saturated heterocycles. The van der Waals surface area contributed by atoms with Gasteiger partial charge in [-0.3, -0.25) is 4.98 Å². The molecule has 2 nitrogen and oxygen atoms in total. The maximum absolute atomic E-state index is 5.96. The van der Waals surface area contributed by atoms with Crippen molar-refractivity contribution >= 4 is 26.7 Å². The zero-order valence-electron chi connectivity index (χ0n) is 10.2. The molecule has 0 atom stereocenters. The summed E-state index contributed by atoms with van der Waals surface area (Å²) in [7, 11) is 0. The summed E-state index contributed by atoms with van der Waals surface area (Å²) in [5, 5.41) is 2.39. The van der Waals surface area contributed by atoms with E-state index in [-0.39, 0.29) is 0 Å². The van der Waals surface area contributed by atoms with Gasteiger partial charge in [-0.05, 0) is 34.2 Å². The van der Waals surface area contributed by atoms with Crippen LogP contribution in [0.1, 0.15) is 31.4 Å². The molecule has 2 aromatic rings. The van der Waals surface area contributed by atoms with Gasteiger partial charge in [0.05, 0.1) is 18.4 Å². The van der Waals surface area contributed by atoms with Crippen LogP contribution in [0.2, 0.25) is 0 Å². The molecule has 3 heteroatoms. The Morgan fingerprint density at radius 1 is 1.17 bits per heavy atom. The molecule has 94 valence electrons. The molecule has 1 aromatic carbocycles. The Morgan fingerprint density at radius 2 is 1.89 bits per heavy atom. The summed E-state index contributed by atoms with van der Waals surface area (Å²) in [6.45, 7) is 0.623. The second-order valence-corrected chi connectivity index (χ2v) is 5.67. The van der Waals surface area contributed by atoms with E-state index >= 15 is 0 Å². The molecule has 1 aliphatic rings. The fraction of sp³-hybridized carbons (Fsp3) is 0.400. The van der Waals surface area contributed by atoms with Crippen LogP contribution in [-0.4, -0.2) is 11.1 Å². The van der Waals surface area contributed by atoms with Gasteiger partial charge in [0.2, 0.25) is 0 Å². The second-order valence-electron chi connectivity index (χ2n) is 4.82. The molecule has 1 aliphatic carbocycles. The highest BCUT2D eigenvalue weighted by molar-refractivity contribution is 9.10. The van der Waals surface area contributed by atoms with Crippen LogP contribution in [0, 0.1) is 0 Å². The van der Waals surface area contributed by atoms with E-state index in [1.54, 1.807) is 0 Å². The molecule has 0 N–H and O–H groups in total. The van der Waals surface area contributed by atoms with Crippen molar-refractivity contribution in [2.45, 2.75) is 38.4 Å². The van der Waals surface area contributed by atoms with E-state index in [4.69, 9.17) is 4.74 Å². The van der Waals surface area contributed by atoms with Crippen LogP contribution in [0.4, 0.5) is 0 Å². The quantitative estimate of drug-likeness (QED) is 0.835. The van der Waals surface area contributed by atoms with Crippen molar-refractivity contribution in [1.29, 1.82) is 0 Å². The van der Waals surface area contributed by atoms with Gasteiger partial charge in [0.15, 0.2) is 0 Å². The molecule has 18 heavy (non-hydrogen) atoms. The number of benzene rings is 1. The Kier molecular flexibility index (Phi) is 3.62. The third-order valence-electron chi connectivity index (χ3n) is 3.59. The topological polar surface area (TPSA) is 22.1 Å². The number of rotatable bonds is 3. The minimum atomic E-state index is 0.439. The fourth-order valence-corrected chi connectivity index (χ4v) is 3.03. The molecule has 1 aromatic heterocycles. The number of nitrogens with zero attached hydrogens (tertiary/aromatic N) is 1. The summed E-state index contributed by atoms with van der Waals surface area (Å²) >= 11 is 3.55. The van der Waals surface area contributed by atoms with E-state index in [0.29, 0.717) is 12.7 Å². The molecule has 1 fully saturated rings. The van der Waals surface area contributed by atoms with Gasteiger partial charge in [-0.2, -0.15) is 0 Å². The first-order valence-corrected chi connectivity index (χ1v) is 7.27. The number of pyridine rings is 1. The first-order valence-electron chi connectivity index (χ1n) is 6.48. The number of fused-ring (bicyclic) bond motifs is 1. The van der Waals surface area contributed by atoms with Crippen molar-refractivity contribution in [3.05, 3.63) is 40.6 Å². The van der Waals surface area contributed by atoms with Crippen LogP contribution in [0.3, 0.4) is 0 Å². The lowest BCUT2D eigenvalue weighted by Gasteiger charge is -2.12. The highest BCUT2D eigenvalue weighted by Gasteiger charge is 2.16. The number of halogens is 1. The molecule has 0 bridgehead atoms. The lowest BCUT2D eigenvalue weighted by atomic mass is 10.1. The molecule has 0 aliphatic heterocycles. The monoisotopic (exact) mass is 305 g/mol. The standard InChI is InChI=1S/C15H16BrNO/c16-14-9-17-15(10-18-11-5-1-2-6-11)13-8-4-3-7-12(13)14/h3-4,7-9,11H,1-2,5-6,10H2. The first-order chi connectivity index (χ1) is 8.84. The second kappa shape index (κ2) is 5.37. The molecular formula is C15H16BrNO. The Morgan fingerprint density at radius 3 is 2.67 bits per heavy atom. The van der Waals surface area contributed by atoms with Crippen LogP contribution >= 0.6 is 15.9 Å². The van der Waals surface area contributed by atoms with Crippen LogP contribution in [-0.2, 0) is 11.3 Å². The maximum atomic E-state index is 5.96. The molecule has 3 rings (SSSR count). The van der Waals surface area contributed by atoms with Gasteiger partial charge in [-0.1, -0.05) is 37.1 Å². The van der Waals surface area contributed by atoms with Crippen molar-refractivity contribution in [1.82, 2.24) is 4.98 Å². The predicted octanol–water partition coefficient (Wildman–Crippen LogP) is 4.46. The summed E-state index contributed by atoms with van der Waals surface area (Å²) in [6.07, 6.45) is 7.32. The summed E-state index contributed by atoms with van der Waals surface area (Å²) in [5.41, 5.74) is 1.04. The fourth-order valence-electron chi connectivity index (χ4n) is 2.58. The largest absolute Gasteiger partial charge is 0.372 e. The van der Waals surface area contributed by atoms with Gasteiger partial charge in [0.25, 0.3) is 0 Å². The van der Waals surface area contributed by atoms with Gasteiger partial charge >= 0.3 is 0 Å². The normalized spacial score (nSPS) is 16.5. The Labute approximate surface area is 115 Å². The highest BCUT2D eigenvalue weighted by atomic mass is 79.9. The SMILES string of the molecule is Brc1cnc(COC2CCCC2)c2ccccc12. The minimum absolute atomic E-state index is 0.439. The van der Waals surface area contributed by atoms with Crippen LogP contribution in [0.5, 0.6) is 0 Å². The van der Waals surface area contributed by atoms with E-state index < -0.39 is 0 Å². The van der Waals surface area contributed by atoms with Gasteiger partial charge < -0.3 is 4.74 Å². The Hall–Kier alpha value is -0.930. The van der Waals surface area contributed by atoms with Gasteiger partial charge in [-0.25, -0.2) is 0 Å². The highest BCUT2D eigenvalue weighted by Crippen LogP contribution is 2.27. The van der Waals surface area contributed by atoms with Crippen molar-refractivity contribution in [3.8, 4) is 0 Å². The van der Waals surface area contributed by atoms with E-state index in [2.05, 4.69) is 45.2 Å². The van der Waals surface area contributed by atoms with Gasteiger partial charge in [0, 0.05) is 16.1 Å². The number of aromatic nitrogens is 1. The molecular weight excluding hydrogens is 290 g/mol. The number of hydrogen-bond acceptors (Lipinski definition) is 2. The van der Waals surface area contributed by atoms with Gasteiger partial charge in [0.1, 0.15) is 0 Å². The lowest BCUT2D eigenvalue weighted by molar-refractivity contribution is 0.0445. The van der Waals surface area contributed by atoms with Crippen molar-refractivity contribution in [3.63, 3.8) is 0 Å². The zero-order valence-corrected chi connectivity index (χ0v) is 11.8. The summed E-state index contributed by atoms with van der Waals surface area (Å²) in [4.78, 5) is 4.50. The lowest BCUT2D eigenvalue weighted by Crippen LogP contribution is -2.08. The molecule has 0 unspecified atom stereocenters. The van der Waals surface area contributed by atoms with Crippen LogP contribution < -0.4 is 0 Å². The average Bonchev–Trinajstić information content (AvgIpc) is 2.92. The Bertz CT molecular complexity index is 549. The number of ether oxygens (including phenoxy) is 1. The van der Waals surface area contributed by atoms with Crippen molar-refractivity contribution in [2.24, 2.45) is 0 Å². The van der Waals surface area contributed by atoms with E-state index in [9.17, 15) is 0 Å². The molecule has 1 heterocycles. The third-order valence-corrected chi connectivity index (χ3v) is 4.22. The molecule has 0 spiro atoms. The molecule has 1 saturated carbocycles. The third kappa shape index (κ3) is 2.43. The summed E-state index contributed by atoms with van der Waals surface area (Å²) in [5.74, 6) is 0. The Balaban J connectivity index is 1.85. The molecule has 0 amide bonds. The van der Waals surface area contributed by atoms with E-state index in [1.807, 2.05) is 6.20 Å². The van der Waals surface area contributed by atoms with E-state index in [1.165, 1.54) is 36.5 Å². The van der Waals surface area contributed by atoms with E-state index in [0.717, 1.165) is 10.2 Å². The zero-order chi connectivity index (χ0) is 12.4. The summed E-state index contributed by atoms with van der Waals surface area (Å²) in [6, 6.07) is 8.32. The first kappa shape index (κ1) is 12.1. The van der Waals surface area contributed by atoms with Crippen LogP contribution in [0.15, 0.2) is 34.9 Å².